The first-order valence-corrected chi connectivity index (χ1v) is 9.05. The quantitative estimate of drug-likeness (QED) is 0.405. The molecule has 0 aliphatic heterocycles. The lowest BCUT2D eigenvalue weighted by Crippen LogP contribution is -2.24. The molecule has 3 rings (SSSR count). The zero-order valence-electron chi connectivity index (χ0n) is 14.2. The SMILES string of the molecule is Cc1cnc(C(C)CN=C(N)Nc2cccc3c2CCCC3)s1.I. The van der Waals surface area contributed by atoms with Crippen molar-refractivity contribution >= 4 is 47.0 Å². The minimum atomic E-state index is 0. The summed E-state index contributed by atoms with van der Waals surface area (Å²) in [7, 11) is 0. The summed E-state index contributed by atoms with van der Waals surface area (Å²) in [6.07, 6.45) is 6.74. The molecule has 1 aromatic heterocycles. The standard InChI is InChI=1S/C18H24N4S.HI/c1-12(17-20-11-13(2)23-17)10-21-18(19)22-16-9-5-7-14-6-3-4-8-15(14)16;/h5,7,9,11-12H,3-4,6,8,10H2,1-2H3,(H3,19,21,22);1H. The molecule has 24 heavy (non-hydrogen) atoms. The first-order chi connectivity index (χ1) is 11.1. The molecule has 0 spiro atoms. The largest absolute Gasteiger partial charge is 0.370 e. The molecule has 0 radical (unpaired) electrons. The van der Waals surface area contributed by atoms with Gasteiger partial charge >= 0.3 is 0 Å². The van der Waals surface area contributed by atoms with Crippen LogP contribution in [-0.2, 0) is 12.8 Å². The molecule has 0 fully saturated rings. The smallest absolute Gasteiger partial charge is 0.193 e. The van der Waals surface area contributed by atoms with Crippen molar-refractivity contribution < 1.29 is 0 Å². The Labute approximate surface area is 165 Å². The highest BCUT2D eigenvalue weighted by atomic mass is 127. The number of nitrogens with two attached hydrogens (primary N) is 1. The summed E-state index contributed by atoms with van der Waals surface area (Å²) in [5.41, 5.74) is 10.1. The third-order valence-electron chi connectivity index (χ3n) is 4.25. The molecule has 3 N–H and O–H groups in total. The number of thiazole rings is 1. The van der Waals surface area contributed by atoms with Gasteiger partial charge in [-0.3, -0.25) is 4.99 Å². The highest BCUT2D eigenvalue weighted by Gasteiger charge is 2.13. The third kappa shape index (κ3) is 4.69. The molecule has 6 heteroatoms. The molecule has 130 valence electrons. The Kier molecular flexibility index (Phi) is 7.03. The molecular formula is C18H25IN4S. The Bertz CT molecular complexity index is 711. The zero-order valence-corrected chi connectivity index (χ0v) is 17.4. The van der Waals surface area contributed by atoms with E-state index in [0.29, 0.717) is 18.4 Å². The van der Waals surface area contributed by atoms with Gasteiger partial charge in [0.25, 0.3) is 0 Å². The Balaban J connectivity index is 0.00000208. The Morgan fingerprint density at radius 3 is 2.92 bits per heavy atom. The lowest BCUT2D eigenvalue weighted by Gasteiger charge is -2.20. The average molecular weight is 456 g/mol. The molecule has 2 aromatic rings. The van der Waals surface area contributed by atoms with Gasteiger partial charge in [0.2, 0.25) is 0 Å². The van der Waals surface area contributed by atoms with Gasteiger partial charge in [0.1, 0.15) is 0 Å². The summed E-state index contributed by atoms with van der Waals surface area (Å²) in [6.45, 7) is 4.87. The number of anilines is 1. The fraction of sp³-hybridized carbons (Fsp3) is 0.444. The summed E-state index contributed by atoms with van der Waals surface area (Å²) < 4.78 is 0. The maximum Gasteiger partial charge on any atom is 0.193 e. The number of hydrogen-bond donors (Lipinski definition) is 2. The topological polar surface area (TPSA) is 63.3 Å². The highest BCUT2D eigenvalue weighted by molar-refractivity contribution is 14.0. The summed E-state index contributed by atoms with van der Waals surface area (Å²) in [6, 6.07) is 6.42. The number of benzene rings is 1. The van der Waals surface area contributed by atoms with E-state index < -0.39 is 0 Å². The number of aliphatic imine (C=N–C) groups is 1. The summed E-state index contributed by atoms with van der Waals surface area (Å²) in [5, 5.41) is 4.41. The molecule has 1 aliphatic rings. The van der Waals surface area contributed by atoms with Crippen molar-refractivity contribution in [1.82, 2.24) is 4.98 Å². The molecule has 1 atom stereocenters. The normalized spacial score (nSPS) is 15.3. The lowest BCUT2D eigenvalue weighted by molar-refractivity contribution is 0.687. The van der Waals surface area contributed by atoms with Crippen LogP contribution in [0.4, 0.5) is 5.69 Å². The molecule has 0 saturated carbocycles. The molecule has 1 aliphatic carbocycles. The van der Waals surface area contributed by atoms with E-state index in [9.17, 15) is 0 Å². The van der Waals surface area contributed by atoms with Gasteiger partial charge in [-0.05, 0) is 49.8 Å². The number of aryl methyl sites for hydroxylation is 2. The Hall–Kier alpha value is -1.15. The third-order valence-corrected chi connectivity index (χ3v) is 5.40. The second-order valence-electron chi connectivity index (χ2n) is 6.21. The van der Waals surface area contributed by atoms with E-state index >= 15 is 0 Å². The monoisotopic (exact) mass is 456 g/mol. The number of fused-ring (bicyclic) bond motifs is 1. The molecule has 1 heterocycles. The second kappa shape index (κ2) is 8.80. The van der Waals surface area contributed by atoms with Crippen LogP contribution in [0.3, 0.4) is 0 Å². The number of hydrogen-bond acceptors (Lipinski definition) is 3. The van der Waals surface area contributed by atoms with Gasteiger partial charge in [-0.2, -0.15) is 0 Å². The zero-order chi connectivity index (χ0) is 16.2. The fourth-order valence-corrected chi connectivity index (χ4v) is 3.81. The maximum absolute atomic E-state index is 6.09. The predicted octanol–water partition coefficient (Wildman–Crippen LogP) is 4.48. The van der Waals surface area contributed by atoms with Gasteiger partial charge in [0, 0.05) is 22.7 Å². The van der Waals surface area contributed by atoms with Crippen molar-refractivity contribution in [1.29, 1.82) is 0 Å². The molecular weight excluding hydrogens is 431 g/mol. The average Bonchev–Trinajstić information content (AvgIpc) is 2.99. The van der Waals surface area contributed by atoms with Gasteiger partial charge in [0.15, 0.2) is 5.96 Å². The minimum absolute atomic E-state index is 0. The van der Waals surface area contributed by atoms with Crippen molar-refractivity contribution in [3.63, 3.8) is 0 Å². The van der Waals surface area contributed by atoms with Crippen LogP contribution in [0.2, 0.25) is 0 Å². The van der Waals surface area contributed by atoms with Crippen LogP contribution >= 0.6 is 35.3 Å². The van der Waals surface area contributed by atoms with E-state index in [1.807, 2.05) is 6.20 Å². The predicted molar refractivity (Wildman–Crippen MR) is 114 cm³/mol. The molecule has 1 aromatic carbocycles. The number of guanidine groups is 1. The number of rotatable bonds is 4. The van der Waals surface area contributed by atoms with Crippen molar-refractivity contribution in [3.8, 4) is 0 Å². The van der Waals surface area contributed by atoms with Gasteiger partial charge in [0.05, 0.1) is 11.6 Å². The molecule has 0 amide bonds. The van der Waals surface area contributed by atoms with E-state index in [1.54, 1.807) is 11.3 Å². The summed E-state index contributed by atoms with van der Waals surface area (Å²) in [4.78, 5) is 10.2. The van der Waals surface area contributed by atoms with Crippen LogP contribution in [-0.4, -0.2) is 17.5 Å². The summed E-state index contributed by atoms with van der Waals surface area (Å²) >= 11 is 1.73. The fourth-order valence-electron chi connectivity index (χ4n) is 2.99. The number of nitrogens with zero attached hydrogens (tertiary/aromatic N) is 2. The van der Waals surface area contributed by atoms with Crippen LogP contribution in [0, 0.1) is 6.92 Å². The van der Waals surface area contributed by atoms with Gasteiger partial charge in [-0.25, -0.2) is 4.98 Å². The van der Waals surface area contributed by atoms with E-state index in [4.69, 9.17) is 5.73 Å². The Morgan fingerprint density at radius 2 is 2.17 bits per heavy atom. The Morgan fingerprint density at radius 1 is 1.38 bits per heavy atom. The van der Waals surface area contributed by atoms with E-state index in [2.05, 4.69) is 47.3 Å². The van der Waals surface area contributed by atoms with E-state index in [-0.39, 0.29) is 24.0 Å². The number of nitrogens with one attached hydrogen (secondary N) is 1. The van der Waals surface area contributed by atoms with Crippen LogP contribution in [0.5, 0.6) is 0 Å². The molecule has 0 saturated heterocycles. The van der Waals surface area contributed by atoms with Crippen LogP contribution in [0.25, 0.3) is 0 Å². The molecule has 0 bridgehead atoms. The summed E-state index contributed by atoms with van der Waals surface area (Å²) in [5.74, 6) is 0.780. The second-order valence-corrected chi connectivity index (χ2v) is 7.48. The van der Waals surface area contributed by atoms with Crippen molar-refractivity contribution in [2.45, 2.75) is 45.4 Å². The van der Waals surface area contributed by atoms with Crippen molar-refractivity contribution in [3.05, 3.63) is 45.4 Å². The van der Waals surface area contributed by atoms with Gasteiger partial charge in [-0.15, -0.1) is 35.3 Å². The van der Waals surface area contributed by atoms with Crippen LogP contribution in [0.15, 0.2) is 29.4 Å². The maximum atomic E-state index is 6.09. The van der Waals surface area contributed by atoms with Crippen LogP contribution < -0.4 is 11.1 Å². The minimum Gasteiger partial charge on any atom is -0.370 e. The first-order valence-electron chi connectivity index (χ1n) is 8.23. The van der Waals surface area contributed by atoms with Gasteiger partial charge < -0.3 is 11.1 Å². The van der Waals surface area contributed by atoms with Crippen LogP contribution in [0.1, 0.15) is 46.7 Å². The first kappa shape index (κ1) is 19.2. The molecule has 4 nitrogen and oxygen atoms in total. The lowest BCUT2D eigenvalue weighted by atomic mass is 9.90. The number of halogens is 1. The van der Waals surface area contributed by atoms with Crippen molar-refractivity contribution in [2.75, 3.05) is 11.9 Å². The van der Waals surface area contributed by atoms with E-state index in [1.165, 1.54) is 35.3 Å². The van der Waals surface area contributed by atoms with Gasteiger partial charge in [-0.1, -0.05) is 19.1 Å². The van der Waals surface area contributed by atoms with Crippen molar-refractivity contribution in [2.24, 2.45) is 10.7 Å². The highest BCUT2D eigenvalue weighted by Crippen LogP contribution is 2.27. The molecule has 1 unspecified atom stereocenters. The number of aromatic nitrogens is 1. The van der Waals surface area contributed by atoms with E-state index in [0.717, 1.165) is 17.1 Å².